The van der Waals surface area contributed by atoms with Gasteiger partial charge in [0.15, 0.2) is 0 Å². The van der Waals surface area contributed by atoms with Gasteiger partial charge in [-0.1, -0.05) is 0 Å². The summed E-state index contributed by atoms with van der Waals surface area (Å²) in [6.45, 7) is 0. The molecule has 5 atom stereocenters. The van der Waals surface area contributed by atoms with E-state index in [0.717, 1.165) is 24.2 Å². The highest BCUT2D eigenvalue weighted by atomic mass is 16.3. The van der Waals surface area contributed by atoms with Gasteiger partial charge >= 0.3 is 0 Å². The third kappa shape index (κ3) is 0.807. The molecular weight excluding hydrogens is 136 g/mol. The zero-order valence-corrected chi connectivity index (χ0v) is 6.87. The summed E-state index contributed by atoms with van der Waals surface area (Å²) in [5.74, 6) is 3.52. The molecule has 1 heteroatoms. The van der Waals surface area contributed by atoms with Gasteiger partial charge in [0, 0.05) is 0 Å². The van der Waals surface area contributed by atoms with Crippen LogP contribution in [0.15, 0.2) is 0 Å². The Kier molecular flexibility index (Phi) is 1.18. The molecule has 3 saturated carbocycles. The summed E-state index contributed by atoms with van der Waals surface area (Å²) >= 11 is 0. The first kappa shape index (κ1) is 6.47. The lowest BCUT2D eigenvalue weighted by molar-refractivity contribution is 0.0205. The summed E-state index contributed by atoms with van der Waals surface area (Å²) in [6.07, 6.45) is 6.87. The summed E-state index contributed by atoms with van der Waals surface area (Å²) in [5.41, 5.74) is 0. The molecule has 0 aliphatic heterocycles. The lowest BCUT2D eigenvalue weighted by atomic mass is 9.71. The molecule has 3 rings (SSSR count). The Morgan fingerprint density at radius 2 is 1.55 bits per heavy atom. The molecule has 62 valence electrons. The molecule has 0 aromatic heterocycles. The number of rotatable bonds is 0. The molecular formula is C10H16O. The van der Waals surface area contributed by atoms with Gasteiger partial charge in [0.1, 0.15) is 0 Å². The molecule has 1 nitrogen and oxygen atoms in total. The highest BCUT2D eigenvalue weighted by Gasteiger charge is 2.48. The van der Waals surface area contributed by atoms with Crippen molar-refractivity contribution in [1.29, 1.82) is 0 Å². The van der Waals surface area contributed by atoms with Crippen molar-refractivity contribution < 1.29 is 5.11 Å². The number of fused-ring (bicyclic) bond motifs is 2. The Morgan fingerprint density at radius 3 is 2.36 bits per heavy atom. The summed E-state index contributed by atoms with van der Waals surface area (Å²) in [7, 11) is 0. The van der Waals surface area contributed by atoms with Gasteiger partial charge in [-0.05, 0) is 55.8 Å². The topological polar surface area (TPSA) is 20.2 Å². The Morgan fingerprint density at radius 1 is 0.818 bits per heavy atom. The molecule has 0 saturated heterocycles. The van der Waals surface area contributed by atoms with Gasteiger partial charge in [-0.15, -0.1) is 0 Å². The first-order valence-corrected chi connectivity index (χ1v) is 5.01. The standard InChI is InChI=1S/C10H16O/c11-10-5-7-1-6-2-8(3-7)9(10)4-6/h6-11H,1-5H2/t6-,7-,8+,9?,10-/m1/s1. The van der Waals surface area contributed by atoms with Crippen molar-refractivity contribution in [2.24, 2.45) is 23.7 Å². The van der Waals surface area contributed by atoms with Crippen molar-refractivity contribution in [3.05, 3.63) is 0 Å². The van der Waals surface area contributed by atoms with Crippen molar-refractivity contribution in [2.75, 3.05) is 0 Å². The van der Waals surface area contributed by atoms with Crippen LogP contribution >= 0.6 is 0 Å². The Balaban J connectivity index is 1.94. The highest BCUT2D eigenvalue weighted by Crippen LogP contribution is 2.54. The maximum atomic E-state index is 9.78. The van der Waals surface area contributed by atoms with E-state index in [0.29, 0.717) is 5.92 Å². The second kappa shape index (κ2) is 2.01. The number of aliphatic hydroxyl groups is 1. The SMILES string of the molecule is O[C@@H]1C[C@@H]2C[C@H]3CC1[C@@H](C3)C2. The monoisotopic (exact) mass is 152 g/mol. The Labute approximate surface area is 67.8 Å². The van der Waals surface area contributed by atoms with E-state index >= 15 is 0 Å². The molecule has 3 aliphatic rings. The molecule has 0 aromatic carbocycles. The lowest BCUT2D eigenvalue weighted by Gasteiger charge is -2.36. The summed E-state index contributed by atoms with van der Waals surface area (Å²) in [6, 6.07) is 0. The minimum Gasteiger partial charge on any atom is -0.393 e. The van der Waals surface area contributed by atoms with Crippen LogP contribution < -0.4 is 0 Å². The fourth-order valence-electron chi connectivity index (χ4n) is 3.92. The predicted molar refractivity (Wildman–Crippen MR) is 43.1 cm³/mol. The largest absolute Gasteiger partial charge is 0.393 e. The summed E-state index contributed by atoms with van der Waals surface area (Å²) < 4.78 is 0. The van der Waals surface area contributed by atoms with Crippen LogP contribution in [0, 0.1) is 23.7 Å². The zero-order valence-electron chi connectivity index (χ0n) is 6.87. The molecule has 1 unspecified atom stereocenters. The van der Waals surface area contributed by atoms with Crippen LogP contribution in [-0.4, -0.2) is 11.2 Å². The van der Waals surface area contributed by atoms with Crippen LogP contribution in [0.25, 0.3) is 0 Å². The Bertz CT molecular complexity index is 173. The third-order valence-electron chi connectivity index (χ3n) is 4.22. The van der Waals surface area contributed by atoms with Crippen molar-refractivity contribution in [3.8, 4) is 0 Å². The quantitative estimate of drug-likeness (QED) is 0.561. The molecule has 0 aromatic rings. The average Bonchev–Trinajstić information content (AvgIpc) is 2.19. The zero-order chi connectivity index (χ0) is 7.42. The molecule has 0 amide bonds. The van der Waals surface area contributed by atoms with Crippen LogP contribution in [0.5, 0.6) is 0 Å². The van der Waals surface area contributed by atoms with Crippen LogP contribution in [0.4, 0.5) is 0 Å². The van der Waals surface area contributed by atoms with E-state index in [4.69, 9.17) is 0 Å². The highest BCUT2D eigenvalue weighted by molar-refractivity contribution is 4.98. The molecule has 0 spiro atoms. The van der Waals surface area contributed by atoms with E-state index in [2.05, 4.69) is 0 Å². The summed E-state index contributed by atoms with van der Waals surface area (Å²) in [4.78, 5) is 0. The van der Waals surface area contributed by atoms with Crippen LogP contribution in [0.1, 0.15) is 32.1 Å². The Hall–Kier alpha value is -0.0400. The minimum atomic E-state index is 0.0752. The lowest BCUT2D eigenvalue weighted by Crippen LogP contribution is -2.33. The van der Waals surface area contributed by atoms with Crippen LogP contribution in [0.2, 0.25) is 0 Å². The molecule has 1 N–H and O–H groups in total. The smallest absolute Gasteiger partial charge is 0.0573 e. The number of hydrogen-bond acceptors (Lipinski definition) is 1. The van der Waals surface area contributed by atoms with Crippen LogP contribution in [-0.2, 0) is 0 Å². The average molecular weight is 152 g/mol. The summed E-state index contributed by atoms with van der Waals surface area (Å²) in [5, 5.41) is 9.78. The molecule has 0 radical (unpaired) electrons. The van der Waals surface area contributed by atoms with Gasteiger partial charge in [-0.3, -0.25) is 0 Å². The predicted octanol–water partition coefficient (Wildman–Crippen LogP) is 1.80. The number of hydrogen-bond donors (Lipinski definition) is 1. The van der Waals surface area contributed by atoms with Crippen LogP contribution in [0.3, 0.4) is 0 Å². The molecule has 3 bridgehead atoms. The van der Waals surface area contributed by atoms with Gasteiger partial charge in [-0.2, -0.15) is 0 Å². The molecule has 3 fully saturated rings. The van der Waals surface area contributed by atoms with Crippen molar-refractivity contribution >= 4 is 0 Å². The van der Waals surface area contributed by atoms with Gasteiger partial charge < -0.3 is 5.11 Å². The normalized spacial score (nSPS) is 60.3. The van der Waals surface area contributed by atoms with Gasteiger partial charge in [-0.25, -0.2) is 0 Å². The molecule has 3 aliphatic carbocycles. The maximum Gasteiger partial charge on any atom is 0.0573 e. The van der Waals surface area contributed by atoms with Gasteiger partial charge in [0.25, 0.3) is 0 Å². The second-order valence-electron chi connectivity index (χ2n) is 4.90. The molecule has 0 heterocycles. The third-order valence-corrected chi connectivity index (χ3v) is 4.22. The van der Waals surface area contributed by atoms with E-state index < -0.39 is 0 Å². The van der Waals surface area contributed by atoms with E-state index in [9.17, 15) is 5.11 Å². The maximum absolute atomic E-state index is 9.78. The van der Waals surface area contributed by atoms with E-state index in [1.807, 2.05) is 0 Å². The fourth-order valence-corrected chi connectivity index (χ4v) is 3.92. The van der Waals surface area contributed by atoms with Crippen molar-refractivity contribution in [1.82, 2.24) is 0 Å². The molecule has 11 heavy (non-hydrogen) atoms. The van der Waals surface area contributed by atoms with E-state index in [-0.39, 0.29) is 6.10 Å². The number of aliphatic hydroxyl groups excluding tert-OH is 1. The van der Waals surface area contributed by atoms with Crippen molar-refractivity contribution in [2.45, 2.75) is 38.2 Å². The first-order chi connectivity index (χ1) is 5.33. The van der Waals surface area contributed by atoms with Gasteiger partial charge in [0.05, 0.1) is 6.10 Å². The van der Waals surface area contributed by atoms with E-state index in [1.54, 1.807) is 0 Å². The van der Waals surface area contributed by atoms with E-state index in [1.165, 1.54) is 25.7 Å². The van der Waals surface area contributed by atoms with Crippen molar-refractivity contribution in [3.63, 3.8) is 0 Å². The first-order valence-electron chi connectivity index (χ1n) is 5.01. The fraction of sp³-hybridized carbons (Fsp3) is 1.00. The second-order valence-corrected chi connectivity index (χ2v) is 4.90. The minimum absolute atomic E-state index is 0.0752. The van der Waals surface area contributed by atoms with Gasteiger partial charge in [0.2, 0.25) is 0 Å².